The van der Waals surface area contributed by atoms with E-state index in [9.17, 15) is 14.0 Å². The van der Waals surface area contributed by atoms with Crippen LogP contribution in [-0.2, 0) is 27.4 Å². The number of halogens is 1. The molecule has 1 atom stereocenters. The van der Waals surface area contributed by atoms with Crippen LogP contribution in [0.15, 0.2) is 48.5 Å². The summed E-state index contributed by atoms with van der Waals surface area (Å²) in [6.07, 6.45) is 0. The topological polar surface area (TPSA) is 76.3 Å². The summed E-state index contributed by atoms with van der Waals surface area (Å²) in [4.78, 5) is 26.7. The van der Waals surface area contributed by atoms with Crippen molar-refractivity contribution < 1.29 is 28.5 Å². The number of rotatable bonds is 9. The Morgan fingerprint density at radius 1 is 1.03 bits per heavy atom. The molecular formula is C23H31FN4O3+2. The van der Waals surface area contributed by atoms with Crippen LogP contribution in [0.3, 0.4) is 0 Å². The third kappa shape index (κ3) is 7.75. The predicted molar refractivity (Wildman–Crippen MR) is 115 cm³/mol. The summed E-state index contributed by atoms with van der Waals surface area (Å²) in [5.74, 6) is -0.798. The van der Waals surface area contributed by atoms with Gasteiger partial charge in [-0.15, -0.1) is 0 Å². The van der Waals surface area contributed by atoms with Crippen LogP contribution in [-0.4, -0.2) is 58.3 Å². The second kappa shape index (κ2) is 11.5. The minimum Gasteiger partial charge on any atom is -0.370 e. The van der Waals surface area contributed by atoms with Crippen LogP contribution in [0.5, 0.6) is 0 Å². The van der Waals surface area contributed by atoms with Crippen LogP contribution >= 0.6 is 0 Å². The second-order valence-electron chi connectivity index (χ2n) is 7.95. The number of carbonyl (C=O) groups is 2. The Kier molecular flexibility index (Phi) is 8.52. The van der Waals surface area contributed by atoms with Crippen molar-refractivity contribution in [3.8, 4) is 0 Å². The molecular weight excluding hydrogens is 399 g/mol. The van der Waals surface area contributed by atoms with Crippen LogP contribution in [0.4, 0.5) is 10.1 Å². The van der Waals surface area contributed by atoms with Gasteiger partial charge in [-0.2, -0.15) is 0 Å². The van der Waals surface area contributed by atoms with E-state index >= 15 is 0 Å². The molecule has 3 rings (SSSR count). The quantitative estimate of drug-likeness (QED) is 0.413. The number of benzene rings is 2. The first-order chi connectivity index (χ1) is 15.0. The van der Waals surface area contributed by atoms with Gasteiger partial charge in [0, 0.05) is 17.8 Å². The van der Waals surface area contributed by atoms with Gasteiger partial charge in [-0.3, -0.25) is 9.59 Å². The van der Waals surface area contributed by atoms with E-state index in [4.69, 9.17) is 4.74 Å². The smallest absolute Gasteiger partial charge is 0.279 e. The minimum atomic E-state index is -0.409. The van der Waals surface area contributed by atoms with Crippen LogP contribution in [0, 0.1) is 5.82 Å². The van der Waals surface area contributed by atoms with Crippen molar-refractivity contribution >= 4 is 17.5 Å². The van der Waals surface area contributed by atoms with Gasteiger partial charge < -0.3 is 25.2 Å². The third-order valence-electron chi connectivity index (χ3n) is 5.27. The molecule has 0 aliphatic carbocycles. The molecule has 31 heavy (non-hydrogen) atoms. The van der Waals surface area contributed by atoms with Crippen molar-refractivity contribution in [3.63, 3.8) is 0 Å². The van der Waals surface area contributed by atoms with Gasteiger partial charge in [0.05, 0.1) is 20.3 Å². The summed E-state index contributed by atoms with van der Waals surface area (Å²) in [6, 6.07) is 13.9. The molecule has 1 aliphatic heterocycles. The Hall–Kier alpha value is -2.81. The highest BCUT2D eigenvalue weighted by Crippen LogP contribution is 2.08. The first kappa shape index (κ1) is 22.9. The fraction of sp³-hybridized carbons (Fsp3) is 0.391. The third-order valence-corrected chi connectivity index (χ3v) is 5.27. The average molecular weight is 431 g/mol. The lowest BCUT2D eigenvalue weighted by atomic mass is 10.1. The Morgan fingerprint density at radius 2 is 1.74 bits per heavy atom. The molecule has 7 nitrogen and oxygen atoms in total. The maximum atomic E-state index is 13.2. The molecule has 0 saturated carbocycles. The van der Waals surface area contributed by atoms with Gasteiger partial charge in [0.2, 0.25) is 0 Å². The van der Waals surface area contributed by atoms with E-state index in [0.29, 0.717) is 12.2 Å². The lowest BCUT2D eigenvalue weighted by molar-refractivity contribution is -0.921. The van der Waals surface area contributed by atoms with E-state index in [1.807, 2.05) is 18.2 Å². The van der Waals surface area contributed by atoms with E-state index in [0.717, 1.165) is 43.3 Å². The highest BCUT2D eigenvalue weighted by atomic mass is 19.1. The average Bonchev–Trinajstić information content (AvgIpc) is 2.73. The number of hydrogen-bond acceptors (Lipinski definition) is 3. The zero-order valence-corrected chi connectivity index (χ0v) is 17.9. The summed E-state index contributed by atoms with van der Waals surface area (Å²) in [5, 5.41) is 5.61. The molecule has 166 valence electrons. The first-order valence-electron chi connectivity index (χ1n) is 10.6. The zero-order valence-electron chi connectivity index (χ0n) is 17.9. The number of likely N-dealkylation sites (N-methyl/N-ethyl adjacent to an activating group) is 1. The number of hydrogen-bond donors (Lipinski definition) is 4. The van der Waals surface area contributed by atoms with E-state index in [-0.39, 0.29) is 24.9 Å². The van der Waals surface area contributed by atoms with Gasteiger partial charge in [-0.25, -0.2) is 4.39 Å². The second-order valence-corrected chi connectivity index (χ2v) is 7.95. The van der Waals surface area contributed by atoms with E-state index in [1.165, 1.54) is 28.7 Å². The number of amides is 2. The molecule has 0 aromatic heterocycles. The molecule has 1 saturated heterocycles. The highest BCUT2D eigenvalue weighted by molar-refractivity contribution is 5.91. The summed E-state index contributed by atoms with van der Waals surface area (Å²) < 4.78 is 18.6. The number of carbonyl (C=O) groups excluding carboxylic acids is 2. The lowest BCUT2D eigenvalue weighted by Gasteiger charge is -2.24. The standard InChI is InChI=1S/C23H29FN4O3/c1-27(17-23(30)26-21-8-4-7-20(24)13-21)16-22(29)25-14-18-5-2-3-6-19(18)15-28-9-11-31-12-10-28/h2-8,13H,9-12,14-17H2,1H3,(H,25,29)(H,26,30)/p+2. The number of quaternary nitrogens is 2. The van der Waals surface area contributed by atoms with Crippen molar-refractivity contribution in [1.82, 2.24) is 5.32 Å². The molecule has 0 bridgehead atoms. The van der Waals surface area contributed by atoms with Crippen molar-refractivity contribution in [2.24, 2.45) is 0 Å². The fourth-order valence-corrected chi connectivity index (χ4v) is 3.65. The molecule has 2 amide bonds. The molecule has 1 fully saturated rings. The van der Waals surface area contributed by atoms with E-state index < -0.39 is 5.82 Å². The molecule has 1 aliphatic rings. The van der Waals surface area contributed by atoms with E-state index in [2.05, 4.69) is 16.7 Å². The largest absolute Gasteiger partial charge is 0.370 e. The number of anilines is 1. The molecule has 0 radical (unpaired) electrons. The van der Waals surface area contributed by atoms with Gasteiger partial charge in [0.15, 0.2) is 13.1 Å². The van der Waals surface area contributed by atoms with Gasteiger partial charge in [0.25, 0.3) is 11.8 Å². The lowest BCUT2D eigenvalue weighted by Crippen LogP contribution is -3.12. The zero-order chi connectivity index (χ0) is 22.1. The number of morpholine rings is 1. The SMILES string of the molecule is C[NH+](CC(=O)NCc1ccccc1C[NH+]1CCOCC1)CC(=O)Nc1cccc(F)c1. The summed E-state index contributed by atoms with van der Waals surface area (Å²) in [6.45, 7) is 5.22. The summed E-state index contributed by atoms with van der Waals surface area (Å²) >= 11 is 0. The van der Waals surface area contributed by atoms with E-state index in [1.54, 1.807) is 13.1 Å². The van der Waals surface area contributed by atoms with Crippen LogP contribution in [0.1, 0.15) is 11.1 Å². The molecule has 1 unspecified atom stereocenters. The molecule has 2 aromatic carbocycles. The van der Waals surface area contributed by atoms with Gasteiger partial charge >= 0.3 is 0 Å². The van der Waals surface area contributed by atoms with Crippen molar-refractivity contribution in [2.45, 2.75) is 13.1 Å². The Labute approximate surface area is 182 Å². The normalized spacial score (nSPS) is 15.3. The molecule has 8 heteroatoms. The minimum absolute atomic E-state index is 0.112. The van der Waals surface area contributed by atoms with Gasteiger partial charge in [0.1, 0.15) is 25.5 Å². The molecule has 0 spiro atoms. The summed E-state index contributed by atoms with van der Waals surface area (Å²) in [5.41, 5.74) is 2.74. The maximum absolute atomic E-state index is 13.2. The van der Waals surface area contributed by atoms with Crippen LogP contribution in [0.2, 0.25) is 0 Å². The predicted octanol–water partition coefficient (Wildman–Crippen LogP) is -0.990. The molecule has 1 heterocycles. The summed E-state index contributed by atoms with van der Waals surface area (Å²) in [7, 11) is 1.78. The Balaban J connectivity index is 1.43. The monoisotopic (exact) mass is 430 g/mol. The van der Waals surface area contributed by atoms with Crippen molar-refractivity contribution in [3.05, 3.63) is 65.5 Å². The fourth-order valence-electron chi connectivity index (χ4n) is 3.65. The van der Waals surface area contributed by atoms with Gasteiger partial charge in [-0.05, 0) is 23.8 Å². The highest BCUT2D eigenvalue weighted by Gasteiger charge is 2.17. The number of nitrogens with one attached hydrogen (secondary N) is 4. The van der Waals surface area contributed by atoms with Crippen molar-refractivity contribution in [1.29, 1.82) is 0 Å². The number of ether oxygens (including phenoxy) is 1. The first-order valence-corrected chi connectivity index (χ1v) is 10.6. The Bertz CT molecular complexity index is 887. The molecule has 4 N–H and O–H groups in total. The molecule has 2 aromatic rings. The van der Waals surface area contributed by atoms with Crippen LogP contribution < -0.4 is 20.4 Å². The Morgan fingerprint density at radius 3 is 2.48 bits per heavy atom. The van der Waals surface area contributed by atoms with Crippen LogP contribution in [0.25, 0.3) is 0 Å². The maximum Gasteiger partial charge on any atom is 0.279 e. The van der Waals surface area contributed by atoms with Gasteiger partial charge in [-0.1, -0.05) is 30.3 Å². The van der Waals surface area contributed by atoms with Crippen molar-refractivity contribution in [2.75, 3.05) is 51.8 Å².